The second kappa shape index (κ2) is 4.54. The Balaban J connectivity index is 3.97. The lowest BCUT2D eigenvalue weighted by molar-refractivity contribution is 0.243. The first-order chi connectivity index (χ1) is 5.40. The van der Waals surface area contributed by atoms with Gasteiger partial charge in [0.05, 0.1) is 0 Å². The maximum Gasteiger partial charge on any atom is 0.0115 e. The van der Waals surface area contributed by atoms with Crippen LogP contribution >= 0.6 is 0 Å². The highest BCUT2D eigenvalue weighted by Crippen LogP contribution is 2.31. The Morgan fingerprint density at radius 3 is 2.25 bits per heavy atom. The molecule has 0 fully saturated rings. The van der Waals surface area contributed by atoms with Gasteiger partial charge in [0.2, 0.25) is 0 Å². The molecule has 0 bridgehead atoms. The molecule has 0 rings (SSSR count). The van der Waals surface area contributed by atoms with Crippen LogP contribution in [0.15, 0.2) is 12.3 Å². The summed E-state index contributed by atoms with van der Waals surface area (Å²) in [6, 6.07) is 0. The zero-order chi connectivity index (χ0) is 9.78. The zero-order valence-corrected chi connectivity index (χ0v) is 9.20. The van der Waals surface area contributed by atoms with Gasteiger partial charge in [-0.15, -0.1) is 0 Å². The van der Waals surface area contributed by atoms with E-state index in [0.717, 1.165) is 18.7 Å². The Morgan fingerprint density at radius 2 is 1.92 bits per heavy atom. The van der Waals surface area contributed by atoms with Gasteiger partial charge < -0.3 is 5.32 Å². The lowest BCUT2D eigenvalue weighted by Crippen LogP contribution is -2.24. The molecule has 0 spiro atoms. The summed E-state index contributed by atoms with van der Waals surface area (Å²) in [6.45, 7) is 16.2. The van der Waals surface area contributed by atoms with Crippen LogP contribution in [0.5, 0.6) is 0 Å². The first kappa shape index (κ1) is 11.5. The summed E-state index contributed by atoms with van der Waals surface area (Å²) in [4.78, 5) is 0. The molecule has 0 aliphatic heterocycles. The van der Waals surface area contributed by atoms with Gasteiger partial charge in [0.15, 0.2) is 0 Å². The molecule has 0 aromatic heterocycles. The molecule has 0 saturated heterocycles. The van der Waals surface area contributed by atoms with Crippen LogP contribution in [0.4, 0.5) is 0 Å². The quantitative estimate of drug-likeness (QED) is 0.666. The van der Waals surface area contributed by atoms with Crippen molar-refractivity contribution in [3.63, 3.8) is 0 Å². The van der Waals surface area contributed by atoms with Crippen molar-refractivity contribution in [1.29, 1.82) is 0 Å². The molecule has 1 nitrogen and oxygen atoms in total. The fraction of sp³-hybridized carbons (Fsp3) is 0.818. The number of nitrogens with one attached hydrogen (secondary N) is 1. The first-order valence-electron chi connectivity index (χ1n) is 4.81. The Bertz CT molecular complexity index is 145. The van der Waals surface area contributed by atoms with E-state index >= 15 is 0 Å². The average molecular weight is 169 g/mol. The van der Waals surface area contributed by atoms with Gasteiger partial charge in [0, 0.05) is 12.2 Å². The fourth-order valence-electron chi connectivity index (χ4n) is 1.07. The molecule has 0 aliphatic rings. The van der Waals surface area contributed by atoms with Crippen LogP contribution in [0, 0.1) is 11.3 Å². The van der Waals surface area contributed by atoms with E-state index < -0.39 is 0 Å². The van der Waals surface area contributed by atoms with Gasteiger partial charge in [-0.3, -0.25) is 0 Å². The molecule has 0 aromatic carbocycles. The molecule has 0 atom stereocenters. The second-order valence-electron chi connectivity index (χ2n) is 4.45. The molecule has 0 heterocycles. The van der Waals surface area contributed by atoms with Crippen molar-refractivity contribution in [3.8, 4) is 0 Å². The second-order valence-corrected chi connectivity index (χ2v) is 4.45. The smallest absolute Gasteiger partial charge is 0.0115 e. The summed E-state index contributed by atoms with van der Waals surface area (Å²) < 4.78 is 0. The fourth-order valence-corrected chi connectivity index (χ4v) is 1.07. The Morgan fingerprint density at radius 1 is 1.42 bits per heavy atom. The van der Waals surface area contributed by atoms with E-state index in [0.29, 0.717) is 11.3 Å². The largest absolute Gasteiger partial charge is 0.389 e. The normalized spacial score (nSPS) is 11.8. The van der Waals surface area contributed by atoms with E-state index in [9.17, 15) is 0 Å². The summed E-state index contributed by atoms with van der Waals surface area (Å²) in [5.41, 5.74) is 1.52. The van der Waals surface area contributed by atoms with E-state index in [4.69, 9.17) is 0 Å². The maximum absolute atomic E-state index is 4.00. The number of rotatable bonds is 5. The highest BCUT2D eigenvalue weighted by Gasteiger charge is 2.22. The van der Waals surface area contributed by atoms with Crippen LogP contribution in [-0.2, 0) is 0 Å². The van der Waals surface area contributed by atoms with Crippen molar-refractivity contribution < 1.29 is 0 Å². The highest BCUT2D eigenvalue weighted by atomic mass is 14.9. The Kier molecular flexibility index (Phi) is 4.36. The maximum atomic E-state index is 4.00. The predicted octanol–water partition coefficient (Wildman–Crippen LogP) is 3.18. The van der Waals surface area contributed by atoms with Crippen LogP contribution in [-0.4, -0.2) is 6.54 Å². The lowest BCUT2D eigenvalue weighted by atomic mass is 9.77. The van der Waals surface area contributed by atoms with Crippen LogP contribution in [0.2, 0.25) is 0 Å². The van der Waals surface area contributed by atoms with E-state index in [1.807, 2.05) is 0 Å². The van der Waals surface area contributed by atoms with Crippen LogP contribution in [0.1, 0.15) is 41.0 Å². The van der Waals surface area contributed by atoms with Crippen molar-refractivity contribution in [2.75, 3.05) is 6.54 Å². The first-order valence-corrected chi connectivity index (χ1v) is 4.81. The summed E-state index contributed by atoms with van der Waals surface area (Å²) in [5, 5.41) is 3.26. The topological polar surface area (TPSA) is 12.0 Å². The van der Waals surface area contributed by atoms with E-state index in [2.05, 4.69) is 46.5 Å². The van der Waals surface area contributed by atoms with Crippen LogP contribution < -0.4 is 5.32 Å². The molecule has 0 unspecified atom stereocenters. The van der Waals surface area contributed by atoms with Gasteiger partial charge in [0.1, 0.15) is 0 Å². The molecular weight excluding hydrogens is 146 g/mol. The zero-order valence-electron chi connectivity index (χ0n) is 9.20. The molecule has 1 heteroatoms. The van der Waals surface area contributed by atoms with Crippen molar-refractivity contribution >= 4 is 0 Å². The Hall–Kier alpha value is -0.460. The van der Waals surface area contributed by atoms with Crippen molar-refractivity contribution in [2.45, 2.75) is 41.0 Å². The molecule has 0 amide bonds. The van der Waals surface area contributed by atoms with Crippen molar-refractivity contribution in [3.05, 3.63) is 12.3 Å². The molecule has 1 N–H and O–H groups in total. The summed E-state index contributed by atoms with van der Waals surface area (Å²) >= 11 is 0. The van der Waals surface area contributed by atoms with E-state index in [1.54, 1.807) is 0 Å². The van der Waals surface area contributed by atoms with Crippen LogP contribution in [0.25, 0.3) is 0 Å². The minimum atomic E-state index is 0.360. The van der Waals surface area contributed by atoms with Gasteiger partial charge >= 0.3 is 0 Å². The summed E-state index contributed by atoms with van der Waals surface area (Å²) in [7, 11) is 0. The van der Waals surface area contributed by atoms with Gasteiger partial charge in [-0.25, -0.2) is 0 Å². The SMILES string of the molecule is C=C(CC(C)(C)C(C)C)NCC. The van der Waals surface area contributed by atoms with Gasteiger partial charge in [-0.1, -0.05) is 34.3 Å². The molecular formula is C11H23N. The summed E-state index contributed by atoms with van der Waals surface area (Å²) in [5.74, 6) is 0.702. The Labute approximate surface area is 77.2 Å². The molecule has 0 radical (unpaired) electrons. The minimum Gasteiger partial charge on any atom is -0.389 e. The monoisotopic (exact) mass is 169 g/mol. The predicted molar refractivity (Wildman–Crippen MR) is 56.1 cm³/mol. The molecule has 12 heavy (non-hydrogen) atoms. The third-order valence-electron chi connectivity index (χ3n) is 2.66. The van der Waals surface area contributed by atoms with Gasteiger partial charge in [0.25, 0.3) is 0 Å². The molecule has 0 aromatic rings. The van der Waals surface area contributed by atoms with Gasteiger partial charge in [-0.05, 0) is 24.7 Å². The molecule has 72 valence electrons. The third kappa shape index (κ3) is 3.80. The molecule has 0 saturated carbocycles. The standard InChI is InChI=1S/C11H23N/c1-7-12-10(4)8-11(5,6)9(2)3/h9,12H,4,7-8H2,1-3,5-6H3. The molecule has 0 aliphatic carbocycles. The highest BCUT2D eigenvalue weighted by molar-refractivity contribution is 4.96. The van der Waals surface area contributed by atoms with Gasteiger partial charge in [-0.2, -0.15) is 0 Å². The summed E-state index contributed by atoms with van der Waals surface area (Å²) in [6.07, 6.45) is 1.07. The number of hydrogen-bond acceptors (Lipinski definition) is 1. The number of allylic oxidation sites excluding steroid dienone is 1. The number of hydrogen-bond donors (Lipinski definition) is 1. The van der Waals surface area contributed by atoms with E-state index in [-0.39, 0.29) is 0 Å². The van der Waals surface area contributed by atoms with Crippen molar-refractivity contribution in [1.82, 2.24) is 5.32 Å². The van der Waals surface area contributed by atoms with Crippen molar-refractivity contribution in [2.24, 2.45) is 11.3 Å². The van der Waals surface area contributed by atoms with E-state index in [1.165, 1.54) is 0 Å². The third-order valence-corrected chi connectivity index (χ3v) is 2.66. The minimum absolute atomic E-state index is 0.360. The average Bonchev–Trinajstić information content (AvgIpc) is 1.85. The lowest BCUT2D eigenvalue weighted by Gasteiger charge is -2.30. The van der Waals surface area contributed by atoms with Crippen LogP contribution in [0.3, 0.4) is 0 Å².